The molecule has 0 unspecified atom stereocenters. The van der Waals surface area contributed by atoms with Crippen LogP contribution in [0.5, 0.6) is 0 Å². The highest BCUT2D eigenvalue weighted by Crippen LogP contribution is 2.22. The van der Waals surface area contributed by atoms with Crippen LogP contribution in [0.25, 0.3) is 0 Å². The monoisotopic (exact) mass is 423 g/mol. The van der Waals surface area contributed by atoms with Gasteiger partial charge in [-0.3, -0.25) is 9.59 Å². The van der Waals surface area contributed by atoms with E-state index in [1.54, 1.807) is 0 Å². The van der Waals surface area contributed by atoms with Crippen LogP contribution < -0.4 is 10.6 Å². The van der Waals surface area contributed by atoms with Gasteiger partial charge < -0.3 is 15.5 Å². The minimum absolute atomic E-state index is 0.0249. The second-order valence-corrected chi connectivity index (χ2v) is 9.66. The van der Waals surface area contributed by atoms with Crippen molar-refractivity contribution in [3.8, 4) is 0 Å². The molecule has 5 nitrogen and oxygen atoms in total. The third kappa shape index (κ3) is 6.93. The minimum atomic E-state index is -0.603. The van der Waals surface area contributed by atoms with Gasteiger partial charge in [-0.25, -0.2) is 0 Å². The smallest absolute Gasteiger partial charge is 0.251 e. The second kappa shape index (κ2) is 10.6. The molecule has 31 heavy (non-hydrogen) atoms. The Morgan fingerprint density at radius 1 is 0.935 bits per heavy atom. The fraction of sp³-hybridized carbons (Fsp3) is 0.462. The number of likely N-dealkylation sites (N-methyl/N-ethyl adjacent to an activating group) is 1. The Labute approximate surface area is 187 Å². The number of hydrogen-bond donors (Lipinski definition) is 2. The van der Waals surface area contributed by atoms with Crippen LogP contribution in [0.15, 0.2) is 54.6 Å². The van der Waals surface area contributed by atoms with Gasteiger partial charge in [0.15, 0.2) is 0 Å². The van der Waals surface area contributed by atoms with E-state index in [4.69, 9.17) is 0 Å². The Hall–Kier alpha value is -2.66. The van der Waals surface area contributed by atoms with Crippen LogP contribution in [-0.2, 0) is 10.2 Å². The van der Waals surface area contributed by atoms with Crippen LogP contribution in [0.1, 0.15) is 62.1 Å². The number of carbonyl (C=O) groups is 2. The second-order valence-electron chi connectivity index (χ2n) is 9.66. The lowest BCUT2D eigenvalue weighted by atomic mass is 9.86. The highest BCUT2D eigenvalue weighted by molar-refractivity contribution is 5.97. The number of nitrogens with zero attached hydrogens (tertiary/aromatic N) is 1. The first-order chi connectivity index (χ1) is 14.5. The van der Waals surface area contributed by atoms with E-state index in [1.807, 2.05) is 70.4 Å². The zero-order chi connectivity index (χ0) is 23.2. The molecule has 0 spiro atoms. The Balaban J connectivity index is 2.05. The van der Waals surface area contributed by atoms with Crippen molar-refractivity contribution >= 4 is 11.8 Å². The number of benzene rings is 2. The lowest BCUT2D eigenvalue weighted by molar-refractivity contribution is -0.124. The van der Waals surface area contributed by atoms with Crippen molar-refractivity contribution in [1.82, 2.24) is 15.5 Å². The van der Waals surface area contributed by atoms with Gasteiger partial charge in [-0.1, -0.05) is 77.1 Å². The van der Waals surface area contributed by atoms with E-state index in [1.165, 1.54) is 0 Å². The van der Waals surface area contributed by atoms with Crippen LogP contribution >= 0.6 is 0 Å². The summed E-state index contributed by atoms with van der Waals surface area (Å²) in [5, 5.41) is 5.95. The number of hydrogen-bond acceptors (Lipinski definition) is 3. The Bertz CT molecular complexity index is 852. The van der Waals surface area contributed by atoms with E-state index in [0.29, 0.717) is 12.1 Å². The maximum Gasteiger partial charge on any atom is 0.251 e. The van der Waals surface area contributed by atoms with E-state index in [0.717, 1.165) is 11.1 Å². The van der Waals surface area contributed by atoms with Gasteiger partial charge in [-0.15, -0.1) is 0 Å². The number of amides is 2. The first-order valence-corrected chi connectivity index (χ1v) is 10.9. The molecule has 0 aliphatic rings. The van der Waals surface area contributed by atoms with Crippen LogP contribution in [0.3, 0.4) is 0 Å². The SMILES string of the molecule is CC(C)[C@H](NC(=O)c1ccc(C(C)(C)C)cc1)C(=O)NC[C@@H](c1ccccc1)N(C)C. The molecule has 5 heteroatoms. The average molecular weight is 424 g/mol. The molecule has 2 N–H and O–H groups in total. The fourth-order valence-electron chi connectivity index (χ4n) is 3.46. The third-order valence-electron chi connectivity index (χ3n) is 5.53. The largest absolute Gasteiger partial charge is 0.352 e. The summed E-state index contributed by atoms with van der Waals surface area (Å²) in [7, 11) is 3.99. The summed E-state index contributed by atoms with van der Waals surface area (Å²) in [6.07, 6.45) is 0. The summed E-state index contributed by atoms with van der Waals surface area (Å²) in [6.45, 7) is 10.8. The first-order valence-electron chi connectivity index (χ1n) is 10.9. The number of carbonyl (C=O) groups excluding carboxylic acids is 2. The van der Waals surface area contributed by atoms with Gasteiger partial charge in [0.2, 0.25) is 5.91 Å². The average Bonchev–Trinajstić information content (AvgIpc) is 2.71. The lowest BCUT2D eigenvalue weighted by Crippen LogP contribution is -2.51. The zero-order valence-corrected chi connectivity index (χ0v) is 19.9. The molecule has 0 aliphatic heterocycles. The van der Waals surface area contributed by atoms with Gasteiger partial charge in [-0.05, 0) is 48.7 Å². The van der Waals surface area contributed by atoms with Gasteiger partial charge in [-0.2, -0.15) is 0 Å². The highest BCUT2D eigenvalue weighted by atomic mass is 16.2. The summed E-state index contributed by atoms with van der Waals surface area (Å²) in [5.41, 5.74) is 2.88. The predicted octanol–water partition coefficient (Wildman–Crippen LogP) is 4.16. The van der Waals surface area contributed by atoms with Crippen LogP contribution in [0, 0.1) is 5.92 Å². The molecule has 0 radical (unpaired) electrons. The molecule has 0 saturated carbocycles. The van der Waals surface area contributed by atoms with E-state index in [2.05, 4.69) is 48.4 Å². The summed E-state index contributed by atoms with van der Waals surface area (Å²) in [6, 6.07) is 17.1. The van der Waals surface area contributed by atoms with Gasteiger partial charge in [0.05, 0.1) is 6.04 Å². The predicted molar refractivity (Wildman–Crippen MR) is 127 cm³/mol. The topological polar surface area (TPSA) is 61.4 Å². The Morgan fingerprint density at radius 3 is 2.00 bits per heavy atom. The Kier molecular flexibility index (Phi) is 8.40. The molecule has 168 valence electrons. The van der Waals surface area contributed by atoms with E-state index >= 15 is 0 Å². The van der Waals surface area contributed by atoms with E-state index < -0.39 is 6.04 Å². The Morgan fingerprint density at radius 2 is 1.52 bits per heavy atom. The molecule has 0 bridgehead atoms. The van der Waals surface area contributed by atoms with Crippen molar-refractivity contribution in [2.45, 2.75) is 52.1 Å². The van der Waals surface area contributed by atoms with Gasteiger partial charge in [0, 0.05) is 12.1 Å². The van der Waals surface area contributed by atoms with Crippen molar-refractivity contribution in [2.75, 3.05) is 20.6 Å². The molecule has 2 aromatic rings. The van der Waals surface area contributed by atoms with Crippen LogP contribution in [0.2, 0.25) is 0 Å². The van der Waals surface area contributed by atoms with Gasteiger partial charge >= 0.3 is 0 Å². The first kappa shape index (κ1) is 24.6. The highest BCUT2D eigenvalue weighted by Gasteiger charge is 2.26. The summed E-state index contributed by atoms with van der Waals surface area (Å²) < 4.78 is 0. The van der Waals surface area contributed by atoms with Gasteiger partial charge in [0.1, 0.15) is 6.04 Å². The van der Waals surface area contributed by atoms with E-state index in [-0.39, 0.29) is 29.2 Å². The lowest BCUT2D eigenvalue weighted by Gasteiger charge is -2.27. The van der Waals surface area contributed by atoms with Crippen molar-refractivity contribution in [2.24, 2.45) is 5.92 Å². The van der Waals surface area contributed by atoms with Crippen molar-refractivity contribution in [3.05, 3.63) is 71.3 Å². The molecule has 0 fully saturated rings. The molecule has 2 aromatic carbocycles. The number of nitrogens with one attached hydrogen (secondary N) is 2. The normalized spacial score (nSPS) is 13.7. The van der Waals surface area contributed by atoms with Crippen molar-refractivity contribution in [3.63, 3.8) is 0 Å². The number of rotatable bonds is 8. The maximum absolute atomic E-state index is 13.0. The molecule has 0 saturated heterocycles. The summed E-state index contributed by atoms with van der Waals surface area (Å²) >= 11 is 0. The molecule has 2 amide bonds. The third-order valence-corrected chi connectivity index (χ3v) is 5.53. The van der Waals surface area contributed by atoms with Gasteiger partial charge in [0.25, 0.3) is 5.91 Å². The minimum Gasteiger partial charge on any atom is -0.352 e. The quantitative estimate of drug-likeness (QED) is 0.670. The molecule has 2 rings (SSSR count). The molecule has 2 atom stereocenters. The molecular formula is C26H37N3O2. The van der Waals surface area contributed by atoms with Crippen molar-refractivity contribution in [1.29, 1.82) is 0 Å². The van der Waals surface area contributed by atoms with E-state index in [9.17, 15) is 9.59 Å². The summed E-state index contributed by atoms with van der Waals surface area (Å²) in [5.74, 6) is -0.439. The molecule has 0 aliphatic carbocycles. The fourth-order valence-corrected chi connectivity index (χ4v) is 3.46. The molecule has 0 heterocycles. The standard InChI is InChI=1S/C26H37N3O2/c1-18(2)23(28-24(30)20-13-15-21(16-14-20)26(3,4)5)25(31)27-17-22(29(6)7)19-11-9-8-10-12-19/h8-16,18,22-23H,17H2,1-7H3,(H,27,31)(H,28,30)/t22-,23-/m0/s1. The van der Waals surface area contributed by atoms with Crippen molar-refractivity contribution < 1.29 is 9.59 Å². The van der Waals surface area contributed by atoms with Crippen LogP contribution in [-0.4, -0.2) is 43.4 Å². The molecule has 0 aromatic heterocycles. The zero-order valence-electron chi connectivity index (χ0n) is 19.9. The molecular weight excluding hydrogens is 386 g/mol. The maximum atomic E-state index is 13.0. The summed E-state index contributed by atoms with van der Waals surface area (Å²) in [4.78, 5) is 27.8. The van der Waals surface area contributed by atoms with Crippen LogP contribution in [0.4, 0.5) is 0 Å².